The zero-order chi connectivity index (χ0) is 9.26. The van der Waals surface area contributed by atoms with E-state index in [4.69, 9.17) is 4.74 Å². The van der Waals surface area contributed by atoms with Crippen LogP contribution >= 0.6 is 0 Å². The minimum Gasteiger partial charge on any atom is -0.495 e. The number of nitrogens with zero attached hydrogens (tertiary/aromatic N) is 1. The van der Waals surface area contributed by atoms with Gasteiger partial charge in [-0.3, -0.25) is 0 Å². The molecule has 3 heteroatoms. The summed E-state index contributed by atoms with van der Waals surface area (Å²) in [6.07, 6.45) is 1.07. The number of hydrogen-bond acceptors (Lipinski definition) is 3. The number of fused-ring (bicyclic) bond motifs is 1. The summed E-state index contributed by atoms with van der Waals surface area (Å²) in [5, 5.41) is 2.03. The summed E-state index contributed by atoms with van der Waals surface area (Å²) in [5.41, 5.74) is 5.78. The average molecular weight is 178 g/mol. The van der Waals surface area contributed by atoms with Crippen molar-refractivity contribution >= 4 is 5.69 Å². The van der Waals surface area contributed by atoms with Gasteiger partial charge in [0.1, 0.15) is 5.75 Å². The first-order chi connectivity index (χ1) is 6.33. The number of methoxy groups -OCH3 is 1. The summed E-state index contributed by atoms with van der Waals surface area (Å²) >= 11 is 0. The molecule has 0 aromatic heterocycles. The van der Waals surface area contributed by atoms with Crippen molar-refractivity contribution in [3.8, 4) is 5.75 Å². The molecule has 0 spiro atoms. The summed E-state index contributed by atoms with van der Waals surface area (Å²) in [4.78, 5) is 0. The van der Waals surface area contributed by atoms with Crippen LogP contribution in [-0.2, 0) is 6.42 Å². The summed E-state index contributed by atoms with van der Waals surface area (Å²) in [5.74, 6) is 0.937. The third-order valence-corrected chi connectivity index (χ3v) is 2.38. The lowest BCUT2D eigenvalue weighted by atomic mass is 10.1. The van der Waals surface area contributed by atoms with Gasteiger partial charge in [0, 0.05) is 13.6 Å². The SMILES string of the molecule is COc1cccc2c1N(C)NCC2. The summed E-state index contributed by atoms with van der Waals surface area (Å²) in [7, 11) is 3.72. The van der Waals surface area contributed by atoms with Crippen molar-refractivity contribution in [1.29, 1.82) is 0 Å². The van der Waals surface area contributed by atoms with E-state index in [9.17, 15) is 0 Å². The Morgan fingerprint density at radius 2 is 2.31 bits per heavy atom. The number of ether oxygens (including phenoxy) is 1. The molecule has 0 fully saturated rings. The molecule has 1 aliphatic heterocycles. The van der Waals surface area contributed by atoms with Gasteiger partial charge in [-0.1, -0.05) is 12.1 Å². The standard InChI is InChI=1S/C10H14N2O/c1-12-10-8(6-7-11-12)4-3-5-9(10)13-2/h3-5,11H,6-7H2,1-2H3. The number of nitrogens with one attached hydrogen (secondary N) is 1. The Morgan fingerprint density at radius 3 is 3.08 bits per heavy atom. The Bertz CT molecular complexity index is 298. The molecule has 13 heavy (non-hydrogen) atoms. The molecule has 2 rings (SSSR count). The number of anilines is 1. The van der Waals surface area contributed by atoms with Crippen LogP contribution in [0.25, 0.3) is 0 Å². The van der Waals surface area contributed by atoms with Gasteiger partial charge in [-0.25, -0.2) is 5.43 Å². The Balaban J connectivity index is 2.50. The zero-order valence-electron chi connectivity index (χ0n) is 8.00. The van der Waals surface area contributed by atoms with Gasteiger partial charge in [0.05, 0.1) is 12.8 Å². The van der Waals surface area contributed by atoms with E-state index >= 15 is 0 Å². The lowest BCUT2D eigenvalue weighted by molar-refractivity contribution is 0.411. The van der Waals surface area contributed by atoms with Crippen molar-refractivity contribution in [2.24, 2.45) is 0 Å². The lowest BCUT2D eigenvalue weighted by Crippen LogP contribution is -2.40. The molecule has 0 atom stereocenters. The number of para-hydroxylation sites is 1. The van der Waals surface area contributed by atoms with Gasteiger partial charge in [0.15, 0.2) is 0 Å². The fourth-order valence-corrected chi connectivity index (χ4v) is 1.75. The maximum atomic E-state index is 5.30. The lowest BCUT2D eigenvalue weighted by Gasteiger charge is -2.29. The van der Waals surface area contributed by atoms with Crippen LogP contribution in [0.1, 0.15) is 5.56 Å². The average Bonchev–Trinajstić information content (AvgIpc) is 2.17. The normalized spacial score (nSPS) is 15.4. The highest BCUT2D eigenvalue weighted by Gasteiger charge is 2.16. The molecule has 0 saturated heterocycles. The van der Waals surface area contributed by atoms with Crippen LogP contribution in [0.4, 0.5) is 5.69 Å². The fraction of sp³-hybridized carbons (Fsp3) is 0.400. The third-order valence-electron chi connectivity index (χ3n) is 2.38. The molecule has 1 aromatic carbocycles. The Kier molecular flexibility index (Phi) is 2.10. The molecule has 0 radical (unpaired) electrons. The van der Waals surface area contributed by atoms with E-state index in [1.54, 1.807) is 7.11 Å². The summed E-state index contributed by atoms with van der Waals surface area (Å²) in [6.45, 7) is 0.997. The minimum atomic E-state index is 0.937. The molecule has 1 aromatic rings. The summed E-state index contributed by atoms with van der Waals surface area (Å²) in [6, 6.07) is 6.17. The highest BCUT2D eigenvalue weighted by Crippen LogP contribution is 2.32. The highest BCUT2D eigenvalue weighted by atomic mass is 16.5. The molecule has 1 aliphatic rings. The zero-order valence-corrected chi connectivity index (χ0v) is 8.00. The number of benzene rings is 1. The fourth-order valence-electron chi connectivity index (χ4n) is 1.75. The number of rotatable bonds is 1. The van der Waals surface area contributed by atoms with E-state index in [1.165, 1.54) is 5.56 Å². The first kappa shape index (κ1) is 8.38. The molecular formula is C10H14N2O. The second-order valence-corrected chi connectivity index (χ2v) is 3.19. The maximum absolute atomic E-state index is 5.30. The van der Waals surface area contributed by atoms with Crippen molar-refractivity contribution in [2.45, 2.75) is 6.42 Å². The Hall–Kier alpha value is -1.22. The van der Waals surface area contributed by atoms with Crippen LogP contribution < -0.4 is 15.2 Å². The van der Waals surface area contributed by atoms with Gasteiger partial charge in [0.2, 0.25) is 0 Å². The van der Waals surface area contributed by atoms with Crippen molar-refractivity contribution < 1.29 is 4.74 Å². The van der Waals surface area contributed by atoms with Crippen molar-refractivity contribution in [2.75, 3.05) is 25.7 Å². The molecule has 0 bridgehead atoms. The first-order valence-electron chi connectivity index (χ1n) is 4.46. The van der Waals surface area contributed by atoms with Gasteiger partial charge >= 0.3 is 0 Å². The monoisotopic (exact) mass is 178 g/mol. The quantitative estimate of drug-likeness (QED) is 0.699. The van der Waals surface area contributed by atoms with Gasteiger partial charge in [-0.05, 0) is 18.1 Å². The van der Waals surface area contributed by atoms with Gasteiger partial charge in [-0.15, -0.1) is 0 Å². The maximum Gasteiger partial charge on any atom is 0.143 e. The van der Waals surface area contributed by atoms with E-state index in [0.717, 1.165) is 24.4 Å². The van der Waals surface area contributed by atoms with Gasteiger partial charge in [-0.2, -0.15) is 0 Å². The van der Waals surface area contributed by atoms with Crippen molar-refractivity contribution in [3.63, 3.8) is 0 Å². The molecule has 1 N–H and O–H groups in total. The van der Waals surface area contributed by atoms with Crippen LogP contribution in [-0.4, -0.2) is 20.7 Å². The number of hydrogen-bond donors (Lipinski definition) is 1. The molecule has 0 amide bonds. The second kappa shape index (κ2) is 3.26. The van der Waals surface area contributed by atoms with Gasteiger partial charge in [0.25, 0.3) is 0 Å². The van der Waals surface area contributed by atoms with E-state index in [2.05, 4.69) is 11.5 Å². The van der Waals surface area contributed by atoms with E-state index in [-0.39, 0.29) is 0 Å². The first-order valence-corrected chi connectivity index (χ1v) is 4.46. The predicted molar refractivity (Wildman–Crippen MR) is 53.1 cm³/mol. The molecule has 0 unspecified atom stereocenters. The van der Waals surface area contributed by atoms with E-state index in [1.807, 2.05) is 24.2 Å². The predicted octanol–water partition coefficient (Wildman–Crippen LogP) is 1.19. The van der Waals surface area contributed by atoms with Crippen LogP contribution in [0.2, 0.25) is 0 Å². The molecule has 70 valence electrons. The Labute approximate surface area is 78.3 Å². The topological polar surface area (TPSA) is 24.5 Å². The molecule has 0 aliphatic carbocycles. The van der Waals surface area contributed by atoms with E-state index < -0.39 is 0 Å². The van der Waals surface area contributed by atoms with Gasteiger partial charge < -0.3 is 9.75 Å². The third kappa shape index (κ3) is 1.35. The van der Waals surface area contributed by atoms with Crippen LogP contribution in [0.15, 0.2) is 18.2 Å². The summed E-state index contributed by atoms with van der Waals surface area (Å²) < 4.78 is 5.30. The molecular weight excluding hydrogens is 164 g/mol. The highest BCUT2D eigenvalue weighted by molar-refractivity contribution is 5.64. The van der Waals surface area contributed by atoms with E-state index in [0.29, 0.717) is 0 Å². The van der Waals surface area contributed by atoms with Crippen molar-refractivity contribution in [3.05, 3.63) is 23.8 Å². The largest absolute Gasteiger partial charge is 0.495 e. The smallest absolute Gasteiger partial charge is 0.143 e. The van der Waals surface area contributed by atoms with Crippen LogP contribution in [0.3, 0.4) is 0 Å². The molecule has 1 heterocycles. The van der Waals surface area contributed by atoms with Crippen molar-refractivity contribution in [1.82, 2.24) is 5.43 Å². The second-order valence-electron chi connectivity index (χ2n) is 3.19. The van der Waals surface area contributed by atoms with Crippen LogP contribution in [0.5, 0.6) is 5.75 Å². The number of hydrazine groups is 1. The minimum absolute atomic E-state index is 0.937. The van der Waals surface area contributed by atoms with Crippen LogP contribution in [0, 0.1) is 0 Å². The Morgan fingerprint density at radius 1 is 1.46 bits per heavy atom. The molecule has 3 nitrogen and oxygen atoms in total. The molecule has 0 saturated carbocycles.